The fraction of sp³-hybridized carbons (Fsp3) is 0.345. The van der Waals surface area contributed by atoms with Crippen molar-refractivity contribution in [3.8, 4) is 5.75 Å². The van der Waals surface area contributed by atoms with Gasteiger partial charge in [-0.25, -0.2) is 0 Å². The summed E-state index contributed by atoms with van der Waals surface area (Å²) in [6.07, 6.45) is 7.07. The third kappa shape index (κ3) is 9.31. The standard InChI is InChI=1S/C29H34N4O3.2ClH/c30-18-21-11-13-24(14-12-21)28(34)33-27(29(35)32-25-9-5-15-31-19-25)17-23-8-4-10-26(16-23)36-20-22-6-2-1-3-7-22;;/h1-10,15-16,19,21,24,27H,11-14,17-18,20,30H2,(H,32,35)(H,33,34);2*1H/t21-,24-,27?;;. The zero-order valence-corrected chi connectivity index (χ0v) is 22.9. The number of ether oxygens (including phenoxy) is 1. The molecule has 1 aromatic heterocycles. The Kier molecular flexibility index (Phi) is 13.1. The number of aromatic nitrogens is 1. The molecule has 3 aromatic rings. The second kappa shape index (κ2) is 16.0. The van der Waals surface area contributed by atoms with Gasteiger partial charge >= 0.3 is 0 Å². The van der Waals surface area contributed by atoms with Crippen molar-refractivity contribution in [3.63, 3.8) is 0 Å². The Hall–Kier alpha value is -3.13. The average molecular weight is 560 g/mol. The normalized spacial score (nSPS) is 17.2. The van der Waals surface area contributed by atoms with E-state index in [4.69, 9.17) is 10.5 Å². The minimum atomic E-state index is -0.727. The lowest BCUT2D eigenvalue weighted by molar-refractivity contribution is -0.130. The highest BCUT2D eigenvalue weighted by Gasteiger charge is 2.29. The van der Waals surface area contributed by atoms with E-state index in [1.54, 1.807) is 24.5 Å². The predicted octanol–water partition coefficient (Wildman–Crippen LogP) is 4.94. The van der Waals surface area contributed by atoms with Crippen molar-refractivity contribution >= 4 is 42.3 Å². The highest BCUT2D eigenvalue weighted by molar-refractivity contribution is 5.97. The molecule has 1 aliphatic rings. The van der Waals surface area contributed by atoms with Gasteiger partial charge in [-0.15, -0.1) is 24.8 Å². The summed E-state index contributed by atoms with van der Waals surface area (Å²) in [7, 11) is 0. The molecule has 1 atom stereocenters. The molecular weight excluding hydrogens is 523 g/mol. The van der Waals surface area contributed by atoms with Gasteiger partial charge in [0.2, 0.25) is 11.8 Å². The molecule has 2 aromatic carbocycles. The third-order valence-electron chi connectivity index (χ3n) is 6.70. The van der Waals surface area contributed by atoms with Gasteiger partial charge in [-0.05, 0) is 73.5 Å². The molecule has 0 bridgehead atoms. The lowest BCUT2D eigenvalue weighted by Gasteiger charge is -2.28. The maximum Gasteiger partial charge on any atom is 0.247 e. The largest absolute Gasteiger partial charge is 0.489 e. The first-order valence-corrected chi connectivity index (χ1v) is 12.6. The molecule has 1 fully saturated rings. The molecule has 38 heavy (non-hydrogen) atoms. The van der Waals surface area contributed by atoms with Crippen molar-refractivity contribution in [2.75, 3.05) is 11.9 Å². The minimum Gasteiger partial charge on any atom is -0.489 e. The van der Waals surface area contributed by atoms with Crippen molar-refractivity contribution < 1.29 is 14.3 Å². The van der Waals surface area contributed by atoms with Crippen molar-refractivity contribution in [2.24, 2.45) is 17.6 Å². The number of rotatable bonds is 10. The number of anilines is 1. The number of pyridine rings is 1. The number of carbonyl (C=O) groups excluding carboxylic acids is 2. The quantitative estimate of drug-likeness (QED) is 0.327. The molecule has 1 unspecified atom stereocenters. The van der Waals surface area contributed by atoms with Crippen LogP contribution in [0.2, 0.25) is 0 Å². The fourth-order valence-corrected chi connectivity index (χ4v) is 4.56. The topological polar surface area (TPSA) is 106 Å². The van der Waals surface area contributed by atoms with E-state index in [1.165, 1.54) is 0 Å². The lowest BCUT2D eigenvalue weighted by atomic mass is 9.81. The maximum absolute atomic E-state index is 13.2. The van der Waals surface area contributed by atoms with Crippen molar-refractivity contribution in [1.29, 1.82) is 0 Å². The molecule has 0 saturated heterocycles. The van der Waals surface area contributed by atoms with Crippen LogP contribution in [0.5, 0.6) is 5.75 Å². The fourth-order valence-electron chi connectivity index (χ4n) is 4.56. The van der Waals surface area contributed by atoms with Crippen LogP contribution < -0.4 is 21.1 Å². The Morgan fingerprint density at radius 2 is 1.68 bits per heavy atom. The predicted molar refractivity (Wildman–Crippen MR) is 155 cm³/mol. The van der Waals surface area contributed by atoms with Crippen LogP contribution in [0, 0.1) is 11.8 Å². The zero-order valence-electron chi connectivity index (χ0n) is 21.3. The van der Waals surface area contributed by atoms with E-state index in [1.807, 2.05) is 54.6 Å². The number of benzene rings is 2. The van der Waals surface area contributed by atoms with E-state index in [0.29, 0.717) is 36.9 Å². The van der Waals surface area contributed by atoms with Crippen LogP contribution in [-0.2, 0) is 22.6 Å². The number of hydrogen-bond acceptors (Lipinski definition) is 5. The number of nitrogens with zero attached hydrogens (tertiary/aromatic N) is 1. The molecule has 1 heterocycles. The SMILES string of the molecule is Cl.Cl.NC[C@H]1CC[C@H](C(=O)NC(Cc2cccc(OCc3ccccc3)c2)C(=O)Nc2cccnc2)CC1. The maximum atomic E-state index is 13.2. The van der Waals surface area contributed by atoms with E-state index in [9.17, 15) is 9.59 Å². The van der Waals surface area contributed by atoms with Gasteiger partial charge in [0.15, 0.2) is 0 Å². The van der Waals surface area contributed by atoms with Gasteiger partial charge in [0.25, 0.3) is 0 Å². The Bertz CT molecular complexity index is 1130. The minimum absolute atomic E-state index is 0. The highest BCUT2D eigenvalue weighted by Crippen LogP contribution is 2.28. The van der Waals surface area contributed by atoms with Crippen molar-refractivity contribution in [3.05, 3.63) is 90.3 Å². The second-order valence-electron chi connectivity index (χ2n) is 9.37. The Labute approximate surface area is 236 Å². The van der Waals surface area contributed by atoms with Gasteiger partial charge in [-0.3, -0.25) is 14.6 Å². The van der Waals surface area contributed by atoms with Crippen molar-refractivity contribution in [1.82, 2.24) is 10.3 Å². The first-order chi connectivity index (χ1) is 17.6. The summed E-state index contributed by atoms with van der Waals surface area (Å²) in [6.45, 7) is 1.12. The van der Waals surface area contributed by atoms with Crippen LogP contribution in [0.3, 0.4) is 0 Å². The number of nitrogens with two attached hydrogens (primary N) is 1. The molecule has 9 heteroatoms. The summed E-state index contributed by atoms with van der Waals surface area (Å²) in [5.74, 6) is 0.754. The summed E-state index contributed by atoms with van der Waals surface area (Å²) in [4.78, 5) is 30.4. The first-order valence-electron chi connectivity index (χ1n) is 12.6. The van der Waals surface area contributed by atoms with E-state index < -0.39 is 6.04 Å². The molecule has 2 amide bonds. The molecule has 0 spiro atoms. The van der Waals surface area contributed by atoms with E-state index in [0.717, 1.165) is 36.8 Å². The molecule has 1 aliphatic carbocycles. The molecule has 4 N–H and O–H groups in total. The van der Waals surface area contributed by atoms with E-state index in [2.05, 4.69) is 15.6 Å². The number of amides is 2. The molecule has 1 saturated carbocycles. The Morgan fingerprint density at radius 3 is 2.37 bits per heavy atom. The Morgan fingerprint density at radius 1 is 0.947 bits per heavy atom. The summed E-state index contributed by atoms with van der Waals surface area (Å²) in [5, 5.41) is 5.91. The third-order valence-corrected chi connectivity index (χ3v) is 6.70. The van der Waals surface area contributed by atoms with E-state index in [-0.39, 0.29) is 42.5 Å². The van der Waals surface area contributed by atoms with Crippen LogP contribution in [0.15, 0.2) is 79.1 Å². The van der Waals surface area contributed by atoms with Gasteiger partial charge in [0.05, 0.1) is 11.9 Å². The number of hydrogen-bond donors (Lipinski definition) is 3. The Balaban J connectivity index is 0.00000253. The van der Waals surface area contributed by atoms with Gasteiger partial charge in [-0.2, -0.15) is 0 Å². The van der Waals surface area contributed by atoms with Crippen molar-refractivity contribution in [2.45, 2.75) is 44.8 Å². The van der Waals surface area contributed by atoms with Crippen LogP contribution in [0.1, 0.15) is 36.8 Å². The summed E-state index contributed by atoms with van der Waals surface area (Å²) < 4.78 is 5.96. The van der Waals surface area contributed by atoms with Crippen LogP contribution in [-0.4, -0.2) is 29.4 Å². The van der Waals surface area contributed by atoms with Gasteiger partial charge in [-0.1, -0.05) is 42.5 Å². The zero-order chi connectivity index (χ0) is 25.2. The first kappa shape index (κ1) is 31.1. The summed E-state index contributed by atoms with van der Waals surface area (Å²) in [5.41, 5.74) is 8.37. The molecule has 0 aliphatic heterocycles. The number of carbonyl (C=O) groups is 2. The molecule has 4 rings (SSSR count). The molecule has 0 radical (unpaired) electrons. The molecule has 204 valence electrons. The second-order valence-corrected chi connectivity index (χ2v) is 9.37. The van der Waals surface area contributed by atoms with Gasteiger partial charge in [0.1, 0.15) is 18.4 Å². The van der Waals surface area contributed by atoms with Crippen LogP contribution in [0.4, 0.5) is 5.69 Å². The van der Waals surface area contributed by atoms with E-state index >= 15 is 0 Å². The summed E-state index contributed by atoms with van der Waals surface area (Å²) in [6, 6.07) is 20.4. The summed E-state index contributed by atoms with van der Waals surface area (Å²) >= 11 is 0. The molecular formula is C29H36Cl2N4O3. The van der Waals surface area contributed by atoms with Gasteiger partial charge in [0, 0.05) is 18.5 Å². The highest BCUT2D eigenvalue weighted by atomic mass is 35.5. The van der Waals surface area contributed by atoms with Crippen LogP contribution >= 0.6 is 24.8 Å². The van der Waals surface area contributed by atoms with Crippen LogP contribution in [0.25, 0.3) is 0 Å². The lowest BCUT2D eigenvalue weighted by Crippen LogP contribution is -2.48. The number of halogens is 2. The van der Waals surface area contributed by atoms with Gasteiger partial charge < -0.3 is 21.1 Å². The average Bonchev–Trinajstić information content (AvgIpc) is 2.93. The number of nitrogens with one attached hydrogen (secondary N) is 2. The monoisotopic (exact) mass is 558 g/mol. The smallest absolute Gasteiger partial charge is 0.247 e. The molecule has 7 nitrogen and oxygen atoms in total.